The molecule has 0 fully saturated rings. The van der Waals surface area contributed by atoms with E-state index in [0.717, 1.165) is 49.2 Å². The minimum atomic E-state index is -0.368. The van der Waals surface area contributed by atoms with Crippen LogP contribution < -0.4 is 14.2 Å². The summed E-state index contributed by atoms with van der Waals surface area (Å²) in [6.07, 6.45) is 5.81. The van der Waals surface area contributed by atoms with Crippen LogP contribution in [0.1, 0.15) is 36.0 Å². The number of hydrogen-bond donors (Lipinski definition) is 0. The van der Waals surface area contributed by atoms with Crippen molar-refractivity contribution in [3.63, 3.8) is 0 Å². The zero-order chi connectivity index (χ0) is 22.0. The molecule has 6 heteroatoms. The van der Waals surface area contributed by atoms with Crippen LogP contribution in [0.2, 0.25) is 0 Å². The van der Waals surface area contributed by atoms with Crippen LogP contribution in [0.4, 0.5) is 0 Å². The Morgan fingerprint density at radius 2 is 1.30 bits per heavy atom. The Hall–Kier alpha value is -3.28. The molecule has 0 aliphatic carbocycles. The zero-order valence-corrected chi connectivity index (χ0v) is 17.7. The molecule has 2 aromatic rings. The first-order valence-electron chi connectivity index (χ1n) is 9.78. The van der Waals surface area contributed by atoms with Crippen LogP contribution in [-0.2, 0) is 9.53 Å². The van der Waals surface area contributed by atoms with Gasteiger partial charge in [-0.1, -0.05) is 6.58 Å². The Morgan fingerprint density at radius 3 is 1.77 bits per heavy atom. The molecule has 0 bridgehead atoms. The molecule has 0 spiro atoms. The quantitative estimate of drug-likeness (QED) is 0.214. The molecule has 30 heavy (non-hydrogen) atoms. The van der Waals surface area contributed by atoms with E-state index in [4.69, 9.17) is 18.9 Å². The smallest absolute Gasteiger partial charge is 0.330 e. The van der Waals surface area contributed by atoms with Crippen molar-refractivity contribution < 1.29 is 28.5 Å². The molecule has 2 aromatic carbocycles. The summed E-state index contributed by atoms with van der Waals surface area (Å²) in [5, 5.41) is 0. The van der Waals surface area contributed by atoms with E-state index in [-0.39, 0.29) is 5.97 Å². The maximum atomic E-state index is 10.8. The fourth-order valence-electron chi connectivity index (χ4n) is 2.33. The molecular formula is C24H30O6. The number of carbonyl (C=O) groups excluding carboxylic acids is 2. The highest BCUT2D eigenvalue weighted by Crippen LogP contribution is 2.16. The van der Waals surface area contributed by atoms with Gasteiger partial charge in [0.25, 0.3) is 0 Å². The lowest BCUT2D eigenvalue weighted by molar-refractivity contribution is -0.137. The Morgan fingerprint density at radius 1 is 0.800 bits per heavy atom. The van der Waals surface area contributed by atoms with Crippen molar-refractivity contribution in [2.24, 2.45) is 0 Å². The molecule has 0 radical (unpaired) electrons. The van der Waals surface area contributed by atoms with Crippen LogP contribution in [0, 0.1) is 0 Å². The number of carbonyl (C=O) groups is 2. The number of rotatable bonds is 12. The molecule has 0 aromatic heterocycles. The van der Waals surface area contributed by atoms with E-state index >= 15 is 0 Å². The second kappa shape index (κ2) is 15.6. The van der Waals surface area contributed by atoms with Crippen molar-refractivity contribution in [1.82, 2.24) is 0 Å². The zero-order valence-electron chi connectivity index (χ0n) is 17.7. The SMILES string of the molecule is C=CC(=O)OCCCCCCOc1ccc(C=O)cc1.COc1ccc(OC)cc1. The third-order valence-corrected chi connectivity index (χ3v) is 4.03. The maximum Gasteiger partial charge on any atom is 0.330 e. The number of hydrogen-bond acceptors (Lipinski definition) is 6. The lowest BCUT2D eigenvalue weighted by Crippen LogP contribution is -2.02. The van der Waals surface area contributed by atoms with E-state index in [9.17, 15) is 9.59 Å². The van der Waals surface area contributed by atoms with Crippen molar-refractivity contribution in [1.29, 1.82) is 0 Å². The van der Waals surface area contributed by atoms with Gasteiger partial charge in [0.05, 0.1) is 27.4 Å². The van der Waals surface area contributed by atoms with Gasteiger partial charge < -0.3 is 18.9 Å². The summed E-state index contributed by atoms with van der Waals surface area (Å²) >= 11 is 0. The second-order valence-electron chi connectivity index (χ2n) is 6.20. The highest BCUT2D eigenvalue weighted by Gasteiger charge is 1.97. The molecule has 0 saturated carbocycles. The molecule has 162 valence electrons. The van der Waals surface area contributed by atoms with E-state index < -0.39 is 0 Å². The molecule has 6 nitrogen and oxygen atoms in total. The van der Waals surface area contributed by atoms with Crippen molar-refractivity contribution in [3.8, 4) is 17.2 Å². The first-order valence-corrected chi connectivity index (χ1v) is 9.78. The van der Waals surface area contributed by atoms with Crippen LogP contribution in [0.3, 0.4) is 0 Å². The molecule has 0 saturated heterocycles. The van der Waals surface area contributed by atoms with Gasteiger partial charge in [0, 0.05) is 11.6 Å². The summed E-state index contributed by atoms with van der Waals surface area (Å²) in [5.41, 5.74) is 0.645. The maximum absolute atomic E-state index is 10.8. The van der Waals surface area contributed by atoms with Crippen LogP contribution in [0.15, 0.2) is 61.2 Å². The molecule has 0 heterocycles. The van der Waals surface area contributed by atoms with E-state index in [0.29, 0.717) is 18.8 Å². The number of benzene rings is 2. The number of methoxy groups -OCH3 is 2. The van der Waals surface area contributed by atoms with Crippen LogP contribution in [0.25, 0.3) is 0 Å². The Bertz CT molecular complexity index is 714. The normalized spacial score (nSPS) is 9.53. The molecule has 0 aliphatic heterocycles. The number of ether oxygens (including phenoxy) is 4. The van der Waals surface area contributed by atoms with Crippen LogP contribution in [0.5, 0.6) is 17.2 Å². The van der Waals surface area contributed by atoms with E-state index in [1.54, 1.807) is 38.5 Å². The molecule has 0 atom stereocenters. The van der Waals surface area contributed by atoms with Crippen LogP contribution >= 0.6 is 0 Å². The summed E-state index contributed by atoms with van der Waals surface area (Å²) in [7, 11) is 3.28. The second-order valence-corrected chi connectivity index (χ2v) is 6.20. The molecule has 0 aliphatic rings. The molecule has 0 amide bonds. The van der Waals surface area contributed by atoms with Crippen molar-refractivity contribution in [3.05, 3.63) is 66.7 Å². The van der Waals surface area contributed by atoms with Gasteiger partial charge in [-0.05, 0) is 74.2 Å². The van der Waals surface area contributed by atoms with Gasteiger partial charge in [-0.15, -0.1) is 0 Å². The van der Waals surface area contributed by atoms with Gasteiger partial charge in [0.2, 0.25) is 0 Å². The topological polar surface area (TPSA) is 71.1 Å². The monoisotopic (exact) mass is 414 g/mol. The minimum absolute atomic E-state index is 0.368. The molecular weight excluding hydrogens is 384 g/mol. The fourth-order valence-corrected chi connectivity index (χ4v) is 2.33. The van der Waals surface area contributed by atoms with Gasteiger partial charge in [-0.2, -0.15) is 0 Å². The Balaban J connectivity index is 0.000000375. The van der Waals surface area contributed by atoms with Gasteiger partial charge >= 0.3 is 5.97 Å². The van der Waals surface area contributed by atoms with Gasteiger partial charge in [-0.3, -0.25) is 4.79 Å². The first kappa shape index (κ1) is 24.8. The lowest BCUT2D eigenvalue weighted by atomic mass is 10.2. The number of unbranched alkanes of at least 4 members (excludes halogenated alkanes) is 3. The summed E-state index contributed by atoms with van der Waals surface area (Å²) < 4.78 is 20.3. The standard InChI is InChI=1S/C16H20O4.C8H10O2/c1-2-16(18)20-12-6-4-3-5-11-19-15-9-7-14(13-17)8-10-15;1-9-7-3-5-8(10-2)6-4-7/h2,7-10,13H,1,3-6,11-12H2;3-6H,1-2H3. The molecule has 0 N–H and O–H groups in total. The Kier molecular flexibility index (Phi) is 12.9. The van der Waals surface area contributed by atoms with Gasteiger partial charge in [0.15, 0.2) is 0 Å². The first-order chi connectivity index (χ1) is 14.6. The molecule has 0 unspecified atom stereocenters. The predicted octanol–water partition coefficient (Wildman–Crippen LogP) is 4.87. The predicted molar refractivity (Wildman–Crippen MR) is 116 cm³/mol. The van der Waals surface area contributed by atoms with Gasteiger partial charge in [-0.25, -0.2) is 4.79 Å². The summed E-state index contributed by atoms with van der Waals surface area (Å²) in [6.45, 7) is 4.42. The highest BCUT2D eigenvalue weighted by atomic mass is 16.5. The van der Waals surface area contributed by atoms with Gasteiger partial charge in [0.1, 0.15) is 23.5 Å². The minimum Gasteiger partial charge on any atom is -0.497 e. The average Bonchev–Trinajstić information content (AvgIpc) is 2.81. The third-order valence-electron chi connectivity index (χ3n) is 4.03. The highest BCUT2D eigenvalue weighted by molar-refractivity contribution is 5.81. The van der Waals surface area contributed by atoms with Crippen molar-refractivity contribution >= 4 is 12.3 Å². The average molecular weight is 414 g/mol. The van der Waals surface area contributed by atoms with E-state index in [2.05, 4.69) is 6.58 Å². The largest absolute Gasteiger partial charge is 0.497 e. The van der Waals surface area contributed by atoms with E-state index in [1.807, 2.05) is 24.3 Å². The number of esters is 1. The number of aldehydes is 1. The summed E-state index contributed by atoms with van der Waals surface area (Å²) in [4.78, 5) is 21.3. The van der Waals surface area contributed by atoms with Crippen molar-refractivity contribution in [2.45, 2.75) is 25.7 Å². The van der Waals surface area contributed by atoms with Crippen LogP contribution in [-0.4, -0.2) is 39.7 Å². The third kappa shape index (κ3) is 10.9. The molecule has 2 rings (SSSR count). The summed E-state index contributed by atoms with van der Waals surface area (Å²) in [5.74, 6) is 2.10. The van der Waals surface area contributed by atoms with E-state index in [1.165, 1.54) is 6.08 Å². The van der Waals surface area contributed by atoms with Crippen molar-refractivity contribution in [2.75, 3.05) is 27.4 Å². The fraction of sp³-hybridized carbons (Fsp3) is 0.333. The Labute approximate surface area is 178 Å². The lowest BCUT2D eigenvalue weighted by Gasteiger charge is -2.06. The summed E-state index contributed by atoms with van der Waals surface area (Å²) in [6, 6.07) is 14.5.